The predicted molar refractivity (Wildman–Crippen MR) is 248 cm³/mol. The first-order valence-corrected chi connectivity index (χ1v) is 24.7. The lowest BCUT2D eigenvalue weighted by atomic mass is 9.58. The van der Waals surface area contributed by atoms with Crippen LogP contribution in [0, 0.1) is 22.7 Å². The van der Waals surface area contributed by atoms with Crippen LogP contribution in [0.25, 0.3) is 21.5 Å². The van der Waals surface area contributed by atoms with E-state index in [0.717, 1.165) is 70.6 Å². The van der Waals surface area contributed by atoms with Crippen LogP contribution in [0.15, 0.2) is 120 Å². The van der Waals surface area contributed by atoms with Gasteiger partial charge in [0, 0.05) is 55.5 Å². The van der Waals surface area contributed by atoms with E-state index < -0.39 is 0 Å². The largest absolute Gasteiger partial charge is 0.393 e. The van der Waals surface area contributed by atoms with Gasteiger partial charge in [0.2, 0.25) is 0 Å². The highest BCUT2D eigenvalue weighted by Crippen LogP contribution is 2.71. The Bertz CT molecular complexity index is 2680. The van der Waals surface area contributed by atoms with E-state index in [4.69, 9.17) is 14.2 Å². The summed E-state index contributed by atoms with van der Waals surface area (Å²) in [5, 5.41) is 15.5. The van der Waals surface area contributed by atoms with Crippen molar-refractivity contribution in [2.75, 3.05) is 7.11 Å². The molecule has 6 heteroatoms. The molecule has 63 heavy (non-hydrogen) atoms. The Balaban J connectivity index is 0.000000128. The molecule has 0 radical (unpaired) electrons. The predicted octanol–water partition coefficient (Wildman–Crippen LogP) is 12.3. The number of nitrogens with zero attached hydrogens (tertiary/aromatic N) is 2. The third-order valence-electron chi connectivity index (χ3n) is 19.8. The second-order valence-corrected chi connectivity index (χ2v) is 22.4. The van der Waals surface area contributed by atoms with Crippen molar-refractivity contribution in [2.24, 2.45) is 22.7 Å². The fourth-order valence-electron chi connectivity index (χ4n) is 16.7. The average molecular weight is 841 g/mol. The van der Waals surface area contributed by atoms with E-state index in [2.05, 4.69) is 96.7 Å². The second-order valence-electron chi connectivity index (χ2n) is 22.4. The summed E-state index contributed by atoms with van der Waals surface area (Å²) in [5.74, 6) is 2.26. The van der Waals surface area contributed by atoms with Gasteiger partial charge in [-0.05, 0) is 193 Å². The van der Waals surface area contributed by atoms with Crippen LogP contribution in [-0.2, 0) is 14.2 Å². The van der Waals surface area contributed by atoms with Gasteiger partial charge in [0.25, 0.3) is 0 Å². The lowest BCUT2D eigenvalue weighted by molar-refractivity contribution is -0.147. The molecule has 12 atom stereocenters. The van der Waals surface area contributed by atoms with Gasteiger partial charge in [-0.3, -0.25) is 9.97 Å². The number of ether oxygens (including phenoxy) is 3. The van der Waals surface area contributed by atoms with Crippen LogP contribution in [0.5, 0.6) is 0 Å². The van der Waals surface area contributed by atoms with Crippen LogP contribution in [0.3, 0.4) is 0 Å². The van der Waals surface area contributed by atoms with E-state index in [1.54, 1.807) is 5.57 Å². The van der Waals surface area contributed by atoms with Gasteiger partial charge in [0.1, 0.15) is 0 Å². The first-order valence-electron chi connectivity index (χ1n) is 24.7. The number of hydrogen-bond acceptors (Lipinski definition) is 6. The Labute approximate surface area is 373 Å². The van der Waals surface area contributed by atoms with Gasteiger partial charge < -0.3 is 19.3 Å². The normalized spacial score (nSPS) is 42.6. The molecule has 4 saturated carbocycles. The number of aliphatic hydroxyl groups is 1. The molecular formula is C57H64N2O4. The molecule has 2 unspecified atom stereocenters. The molecule has 2 aromatic carbocycles. The van der Waals surface area contributed by atoms with Crippen LogP contribution in [0.1, 0.15) is 140 Å². The number of rotatable bonds is 3. The molecule has 6 fully saturated rings. The van der Waals surface area contributed by atoms with Crippen LogP contribution >= 0.6 is 0 Å². The summed E-state index contributed by atoms with van der Waals surface area (Å²) in [6, 6.07) is 18.3. The van der Waals surface area contributed by atoms with E-state index in [0.29, 0.717) is 29.8 Å². The summed E-state index contributed by atoms with van der Waals surface area (Å²) in [7, 11) is 1.87. The standard InChI is InChI=1S/C29H33NO2.C28H31NO2/c1-27-11-9-23-16-22-5-6-24(31-2)17-28(22)12-13-29(23,32-28)26(27)8-7-25(27)20-4-3-19-10-14-30-18-21(19)15-20;1-26-10-8-22-15-21-4-5-23(30)16-27(21)11-12-28(22,31-27)25(26)7-6-24(26)19-3-2-18-9-13-29-17-20(18)14-19/h3-4,9-10,14-16,18,24-26H,5-8,11-13,17H2,1-2H3;2-3,8-9,13-15,17,23-25,30H,4-7,10-12,16H2,1H3/t24-,25-,26-,27-,28-,29?;23-,24-,25-,26-,27-,28?/m11/s1. The van der Waals surface area contributed by atoms with E-state index >= 15 is 0 Å². The van der Waals surface area contributed by atoms with E-state index in [1.807, 2.05) is 31.9 Å². The van der Waals surface area contributed by atoms with Crippen LogP contribution in [0.4, 0.5) is 0 Å². The van der Waals surface area contributed by atoms with E-state index in [9.17, 15) is 5.11 Å². The lowest BCUT2D eigenvalue weighted by Gasteiger charge is -2.54. The Kier molecular flexibility index (Phi) is 8.63. The number of aliphatic hydroxyl groups excluding tert-OH is 1. The van der Waals surface area contributed by atoms with Crippen LogP contribution in [0.2, 0.25) is 0 Å². The van der Waals surface area contributed by atoms with Gasteiger partial charge in [-0.1, -0.05) is 62.4 Å². The van der Waals surface area contributed by atoms with Crippen LogP contribution < -0.4 is 0 Å². The smallest absolute Gasteiger partial charge is 0.0974 e. The van der Waals surface area contributed by atoms with Crippen molar-refractivity contribution < 1.29 is 19.3 Å². The number of benzene rings is 2. The molecule has 6 nitrogen and oxygen atoms in total. The Morgan fingerprint density at radius 2 is 1.13 bits per heavy atom. The molecule has 326 valence electrons. The maximum atomic E-state index is 10.4. The van der Waals surface area contributed by atoms with Crippen molar-refractivity contribution in [3.05, 3.63) is 131 Å². The first kappa shape index (κ1) is 39.4. The lowest BCUT2D eigenvalue weighted by Crippen LogP contribution is -2.54. The van der Waals surface area contributed by atoms with E-state index in [-0.39, 0.29) is 39.3 Å². The van der Waals surface area contributed by atoms with Gasteiger partial charge in [0.05, 0.1) is 34.6 Å². The highest BCUT2D eigenvalue weighted by atomic mass is 16.5. The summed E-state index contributed by atoms with van der Waals surface area (Å²) in [4.78, 5) is 8.72. The minimum Gasteiger partial charge on any atom is -0.393 e. The fraction of sp³-hybridized carbons (Fsp3) is 0.544. The maximum absolute atomic E-state index is 10.4. The van der Waals surface area contributed by atoms with Gasteiger partial charge in [-0.15, -0.1) is 0 Å². The zero-order chi connectivity index (χ0) is 42.4. The van der Waals surface area contributed by atoms with Gasteiger partial charge >= 0.3 is 0 Å². The minimum absolute atomic E-state index is 0.0682. The summed E-state index contributed by atoms with van der Waals surface area (Å²) >= 11 is 0. The summed E-state index contributed by atoms with van der Waals surface area (Å²) in [5.41, 5.74) is 8.88. The monoisotopic (exact) mass is 840 g/mol. The zero-order valence-electron chi connectivity index (χ0n) is 37.6. The molecule has 4 bridgehead atoms. The molecule has 6 aliphatic carbocycles. The van der Waals surface area contributed by atoms with Crippen molar-refractivity contribution in [3.8, 4) is 0 Å². The second kappa shape index (κ2) is 13.8. The maximum Gasteiger partial charge on any atom is 0.0974 e. The van der Waals surface area contributed by atoms with Gasteiger partial charge in [0.15, 0.2) is 0 Å². The molecule has 0 amide bonds. The Hall–Kier alpha value is -3.94. The molecular weight excluding hydrogens is 777 g/mol. The number of allylic oxidation sites excluding steroid dienone is 2. The fourth-order valence-corrected chi connectivity index (χ4v) is 16.7. The van der Waals surface area contributed by atoms with Crippen molar-refractivity contribution >= 4 is 21.5 Å². The quantitative estimate of drug-likeness (QED) is 0.221. The highest BCUT2D eigenvalue weighted by Gasteiger charge is 2.68. The summed E-state index contributed by atoms with van der Waals surface area (Å²) in [6.07, 6.45) is 35.8. The molecule has 2 aromatic heterocycles. The molecule has 10 aliphatic rings. The van der Waals surface area contributed by atoms with Gasteiger partial charge in [-0.25, -0.2) is 0 Å². The number of methoxy groups -OCH3 is 1. The average Bonchev–Trinajstić information content (AvgIpc) is 4.03. The van der Waals surface area contributed by atoms with Crippen molar-refractivity contribution in [1.29, 1.82) is 0 Å². The molecule has 4 aromatic rings. The molecule has 14 rings (SSSR count). The molecule has 1 N–H and O–H groups in total. The molecule has 2 saturated heterocycles. The van der Waals surface area contributed by atoms with E-state index in [1.165, 1.54) is 81.5 Å². The number of fused-ring (bicyclic) bond motifs is 4. The van der Waals surface area contributed by atoms with Crippen molar-refractivity contribution in [1.82, 2.24) is 9.97 Å². The van der Waals surface area contributed by atoms with Crippen molar-refractivity contribution in [3.63, 3.8) is 0 Å². The minimum atomic E-state index is -0.213. The number of pyridine rings is 2. The number of hydrogen-bond donors (Lipinski definition) is 1. The topological polar surface area (TPSA) is 73.7 Å². The molecule has 4 spiro atoms. The summed E-state index contributed by atoms with van der Waals surface area (Å²) < 4.78 is 20.3. The van der Waals surface area contributed by atoms with Crippen LogP contribution in [-0.4, -0.2) is 56.8 Å². The van der Waals surface area contributed by atoms with Crippen molar-refractivity contribution in [2.45, 2.75) is 163 Å². The third-order valence-corrected chi connectivity index (χ3v) is 19.8. The van der Waals surface area contributed by atoms with Gasteiger partial charge in [-0.2, -0.15) is 0 Å². The Morgan fingerprint density at radius 1 is 0.603 bits per heavy atom. The zero-order valence-corrected chi connectivity index (χ0v) is 37.6. The molecule has 6 heterocycles. The third kappa shape index (κ3) is 5.50. The highest BCUT2D eigenvalue weighted by molar-refractivity contribution is 5.83. The molecule has 4 aliphatic heterocycles. The number of aromatic nitrogens is 2. The summed E-state index contributed by atoms with van der Waals surface area (Å²) in [6.45, 7) is 5.07. The SMILES string of the molecule is CO[C@@H]1CCC2=CC3=CC[C@]4(C)[C@@H](c5ccc6ccncc6c5)CC[C@H]4C34CC[C@]2(C1)O4.C[C@]12CC=C3C=C4CC[C@@H](O)C[C@]45CCC3(O5)[C@@H]1CC[C@@H]2c1ccc2ccncc2c1. The Morgan fingerprint density at radius 3 is 1.67 bits per heavy atom. The first-order chi connectivity index (χ1) is 30.6.